The number of nitrogens with zero attached hydrogens (tertiary/aromatic N) is 8. The molecule has 9 aromatic rings. The number of benzene rings is 6. The van der Waals surface area contributed by atoms with Gasteiger partial charge in [-0.2, -0.15) is 36.3 Å². The number of aryl methyl sites for hydroxylation is 6. The van der Waals surface area contributed by atoms with Gasteiger partial charge in [-0.3, -0.25) is 19.7 Å². The maximum atomic E-state index is 14.0. The number of carbonyl (C=O) groups excluding carboxylic acids is 1. The fraction of sp³-hybridized carbons (Fsp3) is 0.302. The molecular formula is C86H103Br3Cl2N13Na2O17S7-. The molecule has 6 N–H and O–H groups in total. The average molecular weight is 2170 g/mol. The summed E-state index contributed by atoms with van der Waals surface area (Å²) in [6, 6.07) is 50.3. The van der Waals surface area contributed by atoms with Gasteiger partial charge in [-0.15, -0.1) is 23.2 Å². The molecule has 4 bridgehead atoms. The molecule has 44 heteroatoms. The van der Waals surface area contributed by atoms with Crippen molar-refractivity contribution in [3.63, 3.8) is 0 Å². The predicted molar refractivity (Wildman–Crippen MR) is 509 cm³/mol. The van der Waals surface area contributed by atoms with Gasteiger partial charge in [0.1, 0.15) is 12.0 Å². The van der Waals surface area contributed by atoms with Crippen LogP contribution in [0.1, 0.15) is 96.7 Å². The van der Waals surface area contributed by atoms with E-state index in [1.807, 2.05) is 46.8 Å². The van der Waals surface area contributed by atoms with Crippen molar-refractivity contribution in [3.8, 4) is 40.9 Å². The van der Waals surface area contributed by atoms with Gasteiger partial charge in [-0.05, 0) is 175 Å². The molecule has 5 heterocycles. The number of hydrogen-bond donors (Lipinski definition) is 6. The van der Waals surface area contributed by atoms with Crippen LogP contribution >= 0.6 is 83.0 Å². The molecular weight excluding hydrogens is 2070 g/mol. The summed E-state index contributed by atoms with van der Waals surface area (Å²) in [5.41, 5.74) is 9.83. The van der Waals surface area contributed by atoms with E-state index in [2.05, 4.69) is 144 Å². The van der Waals surface area contributed by atoms with E-state index in [0.29, 0.717) is 39.7 Å². The number of pyridine rings is 3. The van der Waals surface area contributed by atoms with Crippen molar-refractivity contribution in [1.29, 1.82) is 5.26 Å². The fourth-order valence-electron chi connectivity index (χ4n) is 10.7. The third-order valence-electron chi connectivity index (χ3n) is 17.0. The van der Waals surface area contributed by atoms with Gasteiger partial charge in [0.25, 0.3) is 6.47 Å². The van der Waals surface area contributed by atoms with Crippen LogP contribution in [0.4, 0.5) is 0 Å². The summed E-state index contributed by atoms with van der Waals surface area (Å²) in [4.78, 5) is 24.7. The molecule has 0 spiro atoms. The first kappa shape index (κ1) is 122. The second kappa shape index (κ2) is 63.3. The Morgan fingerprint density at radius 2 is 0.769 bits per heavy atom. The molecule has 0 atom stereocenters. The Hall–Kier alpha value is -6.00. The van der Waals surface area contributed by atoms with Crippen LogP contribution < -0.4 is 89.8 Å². The first-order valence-electron chi connectivity index (χ1n) is 38.3. The van der Waals surface area contributed by atoms with Crippen molar-refractivity contribution in [2.45, 2.75) is 137 Å². The average Bonchev–Trinajstić information content (AvgIpc) is 0.774. The Balaban J connectivity index is 0.00000173. The van der Waals surface area contributed by atoms with Crippen molar-refractivity contribution in [2.75, 3.05) is 65.7 Å². The van der Waals surface area contributed by atoms with Gasteiger partial charge >= 0.3 is 59.1 Å². The number of halogens is 5. The molecule has 130 heavy (non-hydrogen) atoms. The second-order valence-electron chi connectivity index (χ2n) is 26.6. The Bertz CT molecular complexity index is 5770. The van der Waals surface area contributed by atoms with Crippen LogP contribution in [0.3, 0.4) is 0 Å². The van der Waals surface area contributed by atoms with E-state index in [4.69, 9.17) is 43.8 Å². The maximum Gasteiger partial charge on any atom is 1.00 e. The maximum absolute atomic E-state index is 14.0. The number of rotatable bonds is 20. The van der Waals surface area contributed by atoms with E-state index in [1.54, 1.807) is 119 Å². The van der Waals surface area contributed by atoms with Crippen molar-refractivity contribution in [3.05, 3.63) is 270 Å². The summed E-state index contributed by atoms with van der Waals surface area (Å²) < 4.78 is 176. The SMILES string of the molecule is Brc1cc2nc(c1)CNCCNCCNC2.CC.CC#CC#CC#CSOO.CC#N.Cc1ccc(S(=O)(=O)N2CCN(S(=O)(=O)c3ccc(C)cc3)Cc3cc(Br)cc(n3)CN(S(=O)(=O)c3ccc(C)cc3)CC2)cc1.Cc1ccc(S(=O)(=O)NCN(CNS(=O)(=O)c2ccc(C)cc2)S(=O)(=O)c2ccc(C)cc2)cc1.ClCc1cc(Br)cc(CCl)n1.O=CO[O-].[CH3-].[H-].[Na+].[Na+]. The predicted octanol–water partition coefficient (Wildman–Crippen LogP) is 6.95. The van der Waals surface area contributed by atoms with Crippen LogP contribution in [-0.4, -0.2) is 160 Å². The van der Waals surface area contributed by atoms with Gasteiger partial charge in [0, 0.05) is 97.0 Å². The standard InChI is InChI=1S/C32H35BrN4O6S3.C23H27N3O6S3.C11H17BrN4.C7H6BrCl2N.C7H4O2S.C2H3N.C2H6.CH2O3.CH3.2Na.H/c1-24-4-10-30(11-5-24)44(38,39)35-16-18-36(45(40,41)31-12-6-25(2)7-13-31)22-28-20-27(33)21-29(34-28)23-37(19-17-35)46(42,43)32-14-8-26(3)9-15-32;1-18-4-10-21(11-5-18)33(27,28)24-16-26(35(31,32)23-14-8-20(3)9-15-23)17-25-34(29,30)22-12-6-19(2)7-13-22;12-9-5-10-7-14-3-1-13-2-4-15-8-11(6-9)16-10;8-5-1-6(3-9)11-7(2-5)4-10;1-2-3-4-5-6-7-10-9-8;1-2-3;1-2;2-1-4-3;;;;/h4-15,20-21H,16-19,22-23H2,1-3H3;4-15,24-25H,16-17H2,1-3H3;5-6,13-15H,1-4,7-8H2;1-2H,3-4H2;8H,1H3;1H3;1-2H3;1,3H;1H3;;;/q;;;;;;;;-1;2*+1;-1/p-1. The third kappa shape index (κ3) is 42.9. The number of carbonyl (C=O) groups is 1. The van der Waals surface area contributed by atoms with Gasteiger partial charge in [-0.25, -0.2) is 55.8 Å². The number of nitrogens with one attached hydrogen (secondary N) is 5. The Kier molecular flexibility index (Phi) is 59.5. The number of aromatic nitrogens is 3. The van der Waals surface area contributed by atoms with Gasteiger partial charge in [-0.1, -0.05) is 174 Å². The minimum Gasteiger partial charge on any atom is -1.00 e. The minimum absolute atomic E-state index is 0. The zero-order valence-corrected chi connectivity index (χ0v) is 90.0. The van der Waals surface area contributed by atoms with E-state index in [-0.39, 0.29) is 143 Å². The molecule has 0 amide bonds. The van der Waals surface area contributed by atoms with Crippen LogP contribution in [-0.2, 0) is 112 Å². The Morgan fingerprint density at radius 1 is 0.485 bits per heavy atom. The van der Waals surface area contributed by atoms with Crippen LogP contribution in [0.2, 0.25) is 0 Å². The zero-order valence-electron chi connectivity index (χ0n) is 75.0. The molecule has 11 rings (SSSR count). The summed E-state index contributed by atoms with van der Waals surface area (Å²) in [6.45, 7) is 21.0. The Labute approximate surface area is 852 Å². The number of fused-ring (bicyclic) bond motifs is 4. The van der Waals surface area contributed by atoms with Gasteiger partial charge < -0.3 is 34.9 Å². The molecule has 0 aliphatic carbocycles. The van der Waals surface area contributed by atoms with Crippen LogP contribution in [0, 0.1) is 95.2 Å². The monoisotopic (exact) mass is 2170 g/mol. The molecule has 0 saturated heterocycles. The van der Waals surface area contributed by atoms with Gasteiger partial charge in [0.05, 0.1) is 108 Å². The van der Waals surface area contributed by atoms with E-state index >= 15 is 0 Å². The topological polar surface area (TPSA) is 419 Å². The summed E-state index contributed by atoms with van der Waals surface area (Å²) in [7, 11) is -24.7. The Morgan fingerprint density at radius 3 is 1.09 bits per heavy atom. The molecule has 694 valence electrons. The third-order valence-corrected chi connectivity index (χ3v) is 29.5. The first-order chi connectivity index (χ1) is 60.3. The van der Waals surface area contributed by atoms with Crippen molar-refractivity contribution in [2.24, 2.45) is 0 Å². The smallest absolute Gasteiger partial charge is 1.00 e. The molecule has 30 nitrogen and oxygen atoms in total. The summed E-state index contributed by atoms with van der Waals surface area (Å²) >= 11 is 22.1. The van der Waals surface area contributed by atoms with Gasteiger partial charge in [0.15, 0.2) is 0 Å². The van der Waals surface area contributed by atoms with Crippen LogP contribution in [0.25, 0.3) is 0 Å². The first-order valence-corrected chi connectivity index (χ1v) is 51.3. The summed E-state index contributed by atoms with van der Waals surface area (Å²) in [5, 5.41) is 36.0. The molecule has 0 unspecified atom stereocenters. The van der Waals surface area contributed by atoms with Crippen LogP contribution in [0.15, 0.2) is 225 Å². The number of alkyl halides is 2. The zero-order chi connectivity index (χ0) is 94.4. The molecule has 2 aliphatic rings. The summed E-state index contributed by atoms with van der Waals surface area (Å²) in [5.74, 6) is 13.2. The van der Waals surface area contributed by atoms with E-state index in [0.717, 1.165) is 113 Å². The normalized spacial score (nSPS) is 13.1. The van der Waals surface area contributed by atoms with Crippen molar-refractivity contribution >= 4 is 150 Å². The van der Waals surface area contributed by atoms with Crippen molar-refractivity contribution in [1.82, 2.24) is 57.6 Å². The number of sulfonamides is 6. The molecule has 0 fully saturated rings. The summed E-state index contributed by atoms with van der Waals surface area (Å²) in [6.07, 6.45) is 0. The van der Waals surface area contributed by atoms with E-state index < -0.39 is 73.5 Å². The molecule has 2 aliphatic heterocycles. The second-order valence-corrected chi connectivity index (χ2v) is 41.7. The minimum atomic E-state index is -4.26. The molecule has 6 aromatic carbocycles. The molecule has 3 aromatic heterocycles. The fourth-order valence-corrected chi connectivity index (χ4v) is 20.3. The molecule has 0 radical (unpaired) electrons. The van der Waals surface area contributed by atoms with Crippen molar-refractivity contribution < 1.29 is 136 Å². The van der Waals surface area contributed by atoms with Crippen LogP contribution in [0.5, 0.6) is 0 Å². The number of nitriles is 1. The van der Waals surface area contributed by atoms with Gasteiger partial charge in [0.2, 0.25) is 60.1 Å². The quantitative estimate of drug-likeness (QED) is 0.00517. The largest absolute Gasteiger partial charge is 1.00 e. The number of hydrogen-bond acceptors (Lipinski definition) is 25. The van der Waals surface area contributed by atoms with E-state index in [9.17, 15) is 50.5 Å². The molecule has 0 saturated carbocycles. The van der Waals surface area contributed by atoms with E-state index in [1.165, 1.54) is 88.3 Å².